The standard InChI is InChI=1S/C22H22ClFN4O4/c1-27(21(31)25-11-2-12-29)20-19(14-30)28(13-15-3-5-16(23)6-4-15)22(26-20)32-18-9-7-17(24)8-10-18/h3-10,14,29H,2,11-13H2,1H3,(H,25,31). The van der Waals surface area contributed by atoms with Crippen LogP contribution in [-0.4, -0.2) is 47.2 Å². The number of carbonyl (C=O) groups is 2. The highest BCUT2D eigenvalue weighted by atomic mass is 35.5. The minimum Gasteiger partial charge on any atom is -0.425 e. The van der Waals surface area contributed by atoms with Crippen LogP contribution in [0, 0.1) is 5.82 Å². The Hall–Kier alpha value is -3.43. The van der Waals surface area contributed by atoms with Gasteiger partial charge in [-0.25, -0.2) is 9.18 Å². The smallest absolute Gasteiger partial charge is 0.322 e. The number of imidazole rings is 1. The van der Waals surface area contributed by atoms with Crippen LogP contribution in [0.2, 0.25) is 5.02 Å². The number of urea groups is 1. The first-order valence-electron chi connectivity index (χ1n) is 9.79. The van der Waals surface area contributed by atoms with Gasteiger partial charge in [-0.3, -0.25) is 14.3 Å². The topological polar surface area (TPSA) is 96.7 Å². The first-order chi connectivity index (χ1) is 15.4. The van der Waals surface area contributed by atoms with Gasteiger partial charge < -0.3 is 15.2 Å². The summed E-state index contributed by atoms with van der Waals surface area (Å²) in [5.41, 5.74) is 0.942. The first kappa shape index (κ1) is 23.2. The molecule has 0 atom stereocenters. The number of aliphatic hydroxyl groups excluding tert-OH is 1. The van der Waals surface area contributed by atoms with Crippen LogP contribution in [0.5, 0.6) is 11.8 Å². The third-order valence-corrected chi connectivity index (χ3v) is 4.83. The van der Waals surface area contributed by atoms with Crippen LogP contribution < -0.4 is 15.0 Å². The average molecular weight is 461 g/mol. The van der Waals surface area contributed by atoms with Gasteiger partial charge in [0, 0.05) is 25.2 Å². The zero-order chi connectivity index (χ0) is 23.1. The number of nitrogens with zero attached hydrogens (tertiary/aromatic N) is 3. The lowest BCUT2D eigenvalue weighted by Crippen LogP contribution is -2.38. The maximum absolute atomic E-state index is 13.3. The number of amides is 2. The second-order valence-electron chi connectivity index (χ2n) is 6.86. The quantitative estimate of drug-likeness (QED) is 0.373. The van der Waals surface area contributed by atoms with Crippen molar-refractivity contribution in [3.8, 4) is 11.8 Å². The van der Waals surface area contributed by atoms with E-state index in [1.807, 2.05) is 0 Å². The Labute approximate surface area is 189 Å². The number of nitrogens with one attached hydrogen (secondary N) is 1. The number of hydrogen-bond acceptors (Lipinski definition) is 5. The molecule has 1 aromatic heterocycles. The van der Waals surface area contributed by atoms with E-state index >= 15 is 0 Å². The van der Waals surface area contributed by atoms with Crippen molar-refractivity contribution >= 4 is 29.7 Å². The number of aliphatic hydroxyl groups is 1. The second kappa shape index (κ2) is 10.7. The molecule has 3 rings (SSSR count). The summed E-state index contributed by atoms with van der Waals surface area (Å²) in [6.07, 6.45) is 0.983. The molecule has 0 aliphatic rings. The number of benzene rings is 2. The molecule has 1 heterocycles. The van der Waals surface area contributed by atoms with Crippen LogP contribution in [0.4, 0.5) is 15.0 Å². The highest BCUT2D eigenvalue weighted by Gasteiger charge is 2.24. The van der Waals surface area contributed by atoms with Gasteiger partial charge in [0.05, 0.1) is 6.54 Å². The largest absolute Gasteiger partial charge is 0.425 e. The van der Waals surface area contributed by atoms with Gasteiger partial charge in [0.1, 0.15) is 17.3 Å². The van der Waals surface area contributed by atoms with E-state index in [-0.39, 0.29) is 37.2 Å². The van der Waals surface area contributed by atoms with Gasteiger partial charge in [-0.05, 0) is 48.4 Å². The van der Waals surface area contributed by atoms with E-state index in [4.69, 9.17) is 21.4 Å². The molecule has 0 unspecified atom stereocenters. The van der Waals surface area contributed by atoms with E-state index in [9.17, 15) is 14.0 Å². The summed E-state index contributed by atoms with van der Waals surface area (Å²) in [6.45, 7) is 0.421. The Morgan fingerprint density at radius 3 is 2.56 bits per heavy atom. The fourth-order valence-electron chi connectivity index (χ4n) is 2.90. The SMILES string of the molecule is CN(C(=O)NCCCO)c1nc(Oc2ccc(F)cc2)n(Cc2ccc(Cl)cc2)c1C=O. The normalized spacial score (nSPS) is 10.6. The van der Waals surface area contributed by atoms with Crippen molar-refractivity contribution in [2.24, 2.45) is 0 Å². The number of carbonyl (C=O) groups excluding carboxylic acids is 2. The van der Waals surface area contributed by atoms with Gasteiger partial charge in [0.15, 0.2) is 12.1 Å². The van der Waals surface area contributed by atoms with Gasteiger partial charge in [-0.2, -0.15) is 4.98 Å². The fraction of sp³-hybridized carbons (Fsp3) is 0.227. The van der Waals surface area contributed by atoms with Crippen molar-refractivity contribution in [1.29, 1.82) is 0 Å². The van der Waals surface area contributed by atoms with Crippen LogP contribution in [0.3, 0.4) is 0 Å². The van der Waals surface area contributed by atoms with Gasteiger partial charge in [-0.1, -0.05) is 23.7 Å². The molecule has 0 aliphatic heterocycles. The molecule has 0 saturated carbocycles. The van der Waals surface area contributed by atoms with Crippen LogP contribution in [0.25, 0.3) is 0 Å². The molecule has 8 nitrogen and oxygen atoms in total. The number of aromatic nitrogens is 2. The highest BCUT2D eigenvalue weighted by Crippen LogP contribution is 2.29. The summed E-state index contributed by atoms with van der Waals surface area (Å²) < 4.78 is 20.6. The van der Waals surface area contributed by atoms with Gasteiger partial charge in [-0.15, -0.1) is 0 Å². The summed E-state index contributed by atoms with van der Waals surface area (Å²) in [4.78, 5) is 30.0. The van der Waals surface area contributed by atoms with Crippen molar-refractivity contribution in [2.45, 2.75) is 13.0 Å². The number of hydrogen-bond donors (Lipinski definition) is 2. The Morgan fingerprint density at radius 2 is 1.94 bits per heavy atom. The third kappa shape index (κ3) is 5.63. The summed E-state index contributed by atoms with van der Waals surface area (Å²) in [7, 11) is 1.47. The molecule has 3 aromatic rings. The first-order valence-corrected chi connectivity index (χ1v) is 10.2. The minimum atomic E-state index is -0.494. The summed E-state index contributed by atoms with van der Waals surface area (Å²) >= 11 is 5.96. The number of aldehydes is 1. The lowest BCUT2D eigenvalue weighted by Gasteiger charge is -2.16. The lowest BCUT2D eigenvalue weighted by molar-refractivity contribution is 0.111. The van der Waals surface area contributed by atoms with Crippen molar-refractivity contribution in [2.75, 3.05) is 25.1 Å². The molecule has 10 heteroatoms. The van der Waals surface area contributed by atoms with Crippen LogP contribution in [0.15, 0.2) is 48.5 Å². The predicted octanol–water partition coefficient (Wildman–Crippen LogP) is 3.86. The van der Waals surface area contributed by atoms with E-state index in [1.54, 1.807) is 24.3 Å². The van der Waals surface area contributed by atoms with Crippen molar-refractivity contribution in [1.82, 2.24) is 14.9 Å². The molecule has 2 N–H and O–H groups in total. The molecule has 2 amide bonds. The number of rotatable bonds is 9. The summed E-state index contributed by atoms with van der Waals surface area (Å²) in [5, 5.41) is 12.1. The highest BCUT2D eigenvalue weighted by molar-refractivity contribution is 6.30. The maximum atomic E-state index is 13.3. The lowest BCUT2D eigenvalue weighted by atomic mass is 10.2. The van der Waals surface area contributed by atoms with E-state index < -0.39 is 11.8 Å². The molecular weight excluding hydrogens is 439 g/mol. The molecule has 0 fully saturated rings. The van der Waals surface area contributed by atoms with Crippen LogP contribution >= 0.6 is 11.6 Å². The molecule has 0 spiro atoms. The van der Waals surface area contributed by atoms with Gasteiger partial charge in [0.25, 0.3) is 0 Å². The average Bonchev–Trinajstić information content (AvgIpc) is 3.13. The molecule has 0 bridgehead atoms. The molecule has 0 aliphatic carbocycles. The zero-order valence-electron chi connectivity index (χ0n) is 17.3. The molecule has 2 aromatic carbocycles. The molecule has 0 saturated heterocycles. The summed E-state index contributed by atoms with van der Waals surface area (Å²) in [6, 6.07) is 11.9. The molecule has 32 heavy (non-hydrogen) atoms. The number of anilines is 1. The van der Waals surface area contributed by atoms with Gasteiger partial charge >= 0.3 is 12.0 Å². The Balaban J connectivity index is 1.98. The Morgan fingerprint density at radius 1 is 1.25 bits per heavy atom. The van der Waals surface area contributed by atoms with E-state index in [0.717, 1.165) is 5.56 Å². The van der Waals surface area contributed by atoms with Gasteiger partial charge in [0.2, 0.25) is 0 Å². The van der Waals surface area contributed by atoms with Crippen LogP contribution in [-0.2, 0) is 6.54 Å². The maximum Gasteiger partial charge on any atom is 0.322 e. The zero-order valence-corrected chi connectivity index (χ0v) is 18.1. The number of halogens is 2. The van der Waals surface area contributed by atoms with E-state index in [0.29, 0.717) is 23.5 Å². The van der Waals surface area contributed by atoms with Crippen molar-refractivity contribution < 1.29 is 23.8 Å². The monoisotopic (exact) mass is 460 g/mol. The van der Waals surface area contributed by atoms with Crippen LogP contribution in [0.1, 0.15) is 22.5 Å². The molecule has 168 valence electrons. The predicted molar refractivity (Wildman–Crippen MR) is 118 cm³/mol. The molecule has 0 radical (unpaired) electrons. The molecular formula is C22H22ClFN4O4. The fourth-order valence-corrected chi connectivity index (χ4v) is 3.02. The van der Waals surface area contributed by atoms with E-state index in [2.05, 4.69) is 10.3 Å². The second-order valence-corrected chi connectivity index (χ2v) is 7.29. The van der Waals surface area contributed by atoms with Crippen molar-refractivity contribution in [3.63, 3.8) is 0 Å². The Bertz CT molecular complexity index is 1070. The summed E-state index contributed by atoms with van der Waals surface area (Å²) in [5.74, 6) is -0.0178. The Kier molecular flexibility index (Phi) is 7.80. The van der Waals surface area contributed by atoms with E-state index in [1.165, 1.54) is 40.8 Å². The van der Waals surface area contributed by atoms with Crippen molar-refractivity contribution in [3.05, 3.63) is 70.6 Å². The number of ether oxygens (including phenoxy) is 1. The minimum absolute atomic E-state index is 0.0543. The third-order valence-electron chi connectivity index (χ3n) is 4.57.